The van der Waals surface area contributed by atoms with E-state index < -0.39 is 0 Å². The van der Waals surface area contributed by atoms with Gasteiger partial charge in [-0.05, 0) is 18.6 Å². The summed E-state index contributed by atoms with van der Waals surface area (Å²) in [6.45, 7) is 1.44. The number of imidazole rings is 1. The molecule has 0 radical (unpaired) electrons. The fourth-order valence-corrected chi connectivity index (χ4v) is 1.83. The summed E-state index contributed by atoms with van der Waals surface area (Å²) in [5.41, 5.74) is 5.57. The van der Waals surface area contributed by atoms with Crippen LogP contribution in [0.2, 0.25) is 0 Å². The molecule has 0 fully saturated rings. The average molecular weight is 261 g/mol. The van der Waals surface area contributed by atoms with E-state index in [0.29, 0.717) is 17.4 Å². The van der Waals surface area contributed by atoms with E-state index in [1.807, 2.05) is 41.1 Å². The molecule has 0 saturated carbocycles. The fraction of sp³-hybridized carbons (Fsp3) is 0.231. The summed E-state index contributed by atoms with van der Waals surface area (Å²) in [6, 6.07) is 9.76. The van der Waals surface area contributed by atoms with Crippen LogP contribution < -0.4 is 10.5 Å². The van der Waals surface area contributed by atoms with Crippen LogP contribution in [-0.2, 0) is 6.54 Å². The monoisotopic (exact) mass is 261 g/mol. The lowest BCUT2D eigenvalue weighted by molar-refractivity contribution is 0.301. The molecule has 0 aliphatic rings. The lowest BCUT2D eigenvalue weighted by atomic mass is 10.3. The van der Waals surface area contributed by atoms with Gasteiger partial charge < -0.3 is 15.0 Å². The zero-order valence-electron chi connectivity index (χ0n) is 9.95. The fourth-order valence-electron chi connectivity index (χ4n) is 1.66. The van der Waals surface area contributed by atoms with Crippen LogP contribution in [0.3, 0.4) is 0 Å². The van der Waals surface area contributed by atoms with Crippen molar-refractivity contribution >= 4 is 17.2 Å². The van der Waals surface area contributed by atoms with Gasteiger partial charge in [-0.3, -0.25) is 0 Å². The number of ether oxygens (including phenoxy) is 1. The Morgan fingerprint density at radius 1 is 1.33 bits per heavy atom. The van der Waals surface area contributed by atoms with Crippen molar-refractivity contribution in [2.45, 2.75) is 13.0 Å². The maximum Gasteiger partial charge on any atom is 0.167 e. The molecule has 2 rings (SSSR count). The van der Waals surface area contributed by atoms with Crippen molar-refractivity contribution in [3.8, 4) is 5.75 Å². The second kappa shape index (κ2) is 6.16. The summed E-state index contributed by atoms with van der Waals surface area (Å²) in [5, 5.41) is 0. The Morgan fingerprint density at radius 2 is 2.11 bits per heavy atom. The van der Waals surface area contributed by atoms with Crippen molar-refractivity contribution in [3.63, 3.8) is 0 Å². The minimum atomic E-state index is 0.323. The second-order valence-corrected chi connectivity index (χ2v) is 4.26. The number of thiocarbonyl (C=S) groups is 1. The van der Waals surface area contributed by atoms with Crippen LogP contribution in [0.15, 0.2) is 42.7 Å². The maximum absolute atomic E-state index is 5.61. The molecule has 0 atom stereocenters. The third-order valence-electron chi connectivity index (χ3n) is 2.49. The Morgan fingerprint density at radius 3 is 2.83 bits per heavy atom. The molecule has 4 nitrogen and oxygen atoms in total. The summed E-state index contributed by atoms with van der Waals surface area (Å²) in [4.78, 5) is 4.43. The number of hydrogen-bond acceptors (Lipinski definition) is 3. The highest BCUT2D eigenvalue weighted by molar-refractivity contribution is 7.80. The van der Waals surface area contributed by atoms with Gasteiger partial charge in [0.15, 0.2) is 5.82 Å². The molecule has 0 spiro atoms. The first-order valence-corrected chi connectivity index (χ1v) is 6.17. The van der Waals surface area contributed by atoms with Gasteiger partial charge in [-0.1, -0.05) is 30.4 Å². The van der Waals surface area contributed by atoms with Gasteiger partial charge in [0.2, 0.25) is 0 Å². The zero-order valence-corrected chi connectivity index (χ0v) is 10.8. The van der Waals surface area contributed by atoms with Gasteiger partial charge in [0.05, 0.1) is 6.61 Å². The molecule has 94 valence electrons. The van der Waals surface area contributed by atoms with Gasteiger partial charge in [-0.25, -0.2) is 4.98 Å². The zero-order chi connectivity index (χ0) is 12.8. The van der Waals surface area contributed by atoms with Crippen molar-refractivity contribution < 1.29 is 4.74 Å². The van der Waals surface area contributed by atoms with E-state index in [2.05, 4.69) is 4.98 Å². The molecule has 2 N–H and O–H groups in total. The van der Waals surface area contributed by atoms with Crippen LogP contribution in [0.25, 0.3) is 0 Å². The third-order valence-corrected chi connectivity index (χ3v) is 2.67. The predicted octanol–water partition coefficient (Wildman–Crippen LogP) is 1.99. The maximum atomic E-state index is 5.61. The molecule has 1 heterocycles. The molecule has 1 aromatic carbocycles. The number of benzene rings is 1. The van der Waals surface area contributed by atoms with Gasteiger partial charge in [-0.15, -0.1) is 0 Å². The Hall–Kier alpha value is -1.88. The predicted molar refractivity (Wildman–Crippen MR) is 74.7 cm³/mol. The van der Waals surface area contributed by atoms with Crippen LogP contribution in [0, 0.1) is 0 Å². The summed E-state index contributed by atoms with van der Waals surface area (Å²) in [7, 11) is 0. The average Bonchev–Trinajstić information content (AvgIpc) is 2.84. The van der Waals surface area contributed by atoms with E-state index in [1.165, 1.54) is 0 Å². The molecule has 0 bridgehead atoms. The van der Waals surface area contributed by atoms with Crippen molar-refractivity contribution in [3.05, 3.63) is 48.5 Å². The first kappa shape index (κ1) is 12.6. The molecular formula is C13H15N3OS. The Balaban J connectivity index is 1.79. The highest BCUT2D eigenvalue weighted by Gasteiger charge is 2.04. The number of aromatic nitrogens is 2. The number of para-hydroxylation sites is 1. The Kier molecular flexibility index (Phi) is 4.30. The first-order chi connectivity index (χ1) is 8.77. The largest absolute Gasteiger partial charge is 0.494 e. The lowest BCUT2D eigenvalue weighted by Crippen LogP contribution is -2.17. The normalized spacial score (nSPS) is 10.2. The number of aryl methyl sites for hydroxylation is 1. The van der Waals surface area contributed by atoms with E-state index >= 15 is 0 Å². The van der Waals surface area contributed by atoms with Crippen LogP contribution in [-0.4, -0.2) is 21.1 Å². The van der Waals surface area contributed by atoms with Crippen LogP contribution in [0.4, 0.5) is 0 Å². The molecule has 0 unspecified atom stereocenters. The topological polar surface area (TPSA) is 53.1 Å². The van der Waals surface area contributed by atoms with Crippen molar-refractivity contribution in [1.29, 1.82) is 0 Å². The van der Waals surface area contributed by atoms with Gasteiger partial charge in [0.1, 0.15) is 10.7 Å². The van der Waals surface area contributed by atoms with Crippen LogP contribution in [0.1, 0.15) is 12.2 Å². The van der Waals surface area contributed by atoms with Crippen LogP contribution >= 0.6 is 12.2 Å². The van der Waals surface area contributed by atoms with E-state index in [-0.39, 0.29) is 0 Å². The SMILES string of the molecule is NC(=S)c1nccn1CCCOc1ccccc1. The van der Waals surface area contributed by atoms with Gasteiger partial charge >= 0.3 is 0 Å². The molecule has 1 aromatic heterocycles. The first-order valence-electron chi connectivity index (χ1n) is 5.76. The lowest BCUT2D eigenvalue weighted by Gasteiger charge is -2.08. The molecule has 2 aromatic rings. The van der Waals surface area contributed by atoms with Gasteiger partial charge in [-0.2, -0.15) is 0 Å². The molecule has 0 amide bonds. The molecule has 0 aliphatic carbocycles. The van der Waals surface area contributed by atoms with E-state index in [1.54, 1.807) is 6.20 Å². The molecule has 0 saturated heterocycles. The Bertz CT molecular complexity index is 510. The van der Waals surface area contributed by atoms with Crippen molar-refractivity contribution in [1.82, 2.24) is 9.55 Å². The summed E-state index contributed by atoms with van der Waals surface area (Å²) in [6.07, 6.45) is 4.45. The summed E-state index contributed by atoms with van der Waals surface area (Å²) >= 11 is 4.92. The number of rotatable bonds is 6. The number of hydrogen-bond donors (Lipinski definition) is 1. The number of nitrogens with two attached hydrogens (primary N) is 1. The number of nitrogens with zero attached hydrogens (tertiary/aromatic N) is 2. The van der Waals surface area contributed by atoms with E-state index in [9.17, 15) is 0 Å². The standard InChI is InChI=1S/C13H15N3OS/c14-12(18)13-15-7-9-16(13)8-4-10-17-11-5-2-1-3-6-11/h1-3,5-7,9H,4,8,10H2,(H2,14,18). The molecular weight excluding hydrogens is 246 g/mol. The highest BCUT2D eigenvalue weighted by atomic mass is 32.1. The molecule has 18 heavy (non-hydrogen) atoms. The molecule has 0 aliphatic heterocycles. The minimum Gasteiger partial charge on any atom is -0.494 e. The minimum absolute atomic E-state index is 0.323. The van der Waals surface area contributed by atoms with Gasteiger partial charge in [0.25, 0.3) is 0 Å². The van der Waals surface area contributed by atoms with E-state index in [0.717, 1.165) is 18.7 Å². The van der Waals surface area contributed by atoms with Gasteiger partial charge in [0, 0.05) is 18.9 Å². The quantitative estimate of drug-likeness (QED) is 0.638. The summed E-state index contributed by atoms with van der Waals surface area (Å²) < 4.78 is 7.55. The molecule has 5 heteroatoms. The van der Waals surface area contributed by atoms with Crippen LogP contribution in [0.5, 0.6) is 5.75 Å². The van der Waals surface area contributed by atoms with Crippen molar-refractivity contribution in [2.75, 3.05) is 6.61 Å². The smallest absolute Gasteiger partial charge is 0.167 e. The summed E-state index contributed by atoms with van der Waals surface area (Å²) in [5.74, 6) is 1.54. The third kappa shape index (κ3) is 3.30. The highest BCUT2D eigenvalue weighted by Crippen LogP contribution is 2.08. The second-order valence-electron chi connectivity index (χ2n) is 3.82. The van der Waals surface area contributed by atoms with E-state index in [4.69, 9.17) is 22.7 Å². The van der Waals surface area contributed by atoms with Crippen molar-refractivity contribution in [2.24, 2.45) is 5.73 Å². The Labute approximate surface area is 111 Å².